The monoisotopic (exact) mass is 426 g/mol. The van der Waals surface area contributed by atoms with Crippen molar-refractivity contribution in [3.63, 3.8) is 0 Å². The molecule has 0 aromatic heterocycles. The number of benzene rings is 3. The summed E-state index contributed by atoms with van der Waals surface area (Å²) in [5, 5.41) is 10.8. The van der Waals surface area contributed by atoms with Gasteiger partial charge in [-0.25, -0.2) is 8.42 Å². The molecular formula is C24H26O5S. The smallest absolute Gasteiger partial charge is 0.175 e. The van der Waals surface area contributed by atoms with Gasteiger partial charge in [-0.3, -0.25) is 0 Å². The first-order valence-electron chi connectivity index (χ1n) is 9.69. The second-order valence-corrected chi connectivity index (χ2v) is 9.14. The predicted octanol–water partition coefficient (Wildman–Crippen LogP) is 3.93. The Morgan fingerprint density at radius 3 is 1.87 bits per heavy atom. The van der Waals surface area contributed by atoms with Gasteiger partial charge in [0.2, 0.25) is 0 Å². The lowest BCUT2D eigenvalue weighted by Crippen LogP contribution is -2.26. The maximum atomic E-state index is 11.7. The first-order valence-corrected chi connectivity index (χ1v) is 11.6. The topological polar surface area (TPSA) is 72.8 Å². The summed E-state index contributed by atoms with van der Waals surface area (Å²) in [6.45, 7) is 0.785. The number of sulfone groups is 1. The summed E-state index contributed by atoms with van der Waals surface area (Å²) in [6, 6.07) is 25.8. The third kappa shape index (κ3) is 6.50. The SMILES string of the molecule is CS(=O)(=O)c1ccc([C@@H](OCc2ccccc2)[C@@H](O)COCc2ccccc2)cc1. The first-order chi connectivity index (χ1) is 14.4. The second kappa shape index (κ2) is 10.5. The van der Waals surface area contributed by atoms with Gasteiger partial charge in [-0.15, -0.1) is 0 Å². The fourth-order valence-corrected chi connectivity index (χ4v) is 3.68. The van der Waals surface area contributed by atoms with E-state index in [2.05, 4.69) is 0 Å². The zero-order valence-electron chi connectivity index (χ0n) is 16.8. The zero-order valence-corrected chi connectivity index (χ0v) is 17.7. The molecule has 0 unspecified atom stereocenters. The molecule has 0 aliphatic heterocycles. The summed E-state index contributed by atoms with van der Waals surface area (Å²) >= 11 is 0. The molecule has 0 heterocycles. The van der Waals surface area contributed by atoms with Crippen molar-refractivity contribution >= 4 is 9.84 Å². The Kier molecular flexibility index (Phi) is 7.76. The quantitative estimate of drug-likeness (QED) is 0.532. The summed E-state index contributed by atoms with van der Waals surface area (Å²) in [5.74, 6) is 0. The molecule has 1 N–H and O–H groups in total. The highest BCUT2D eigenvalue weighted by atomic mass is 32.2. The summed E-state index contributed by atoms with van der Waals surface area (Å²) in [4.78, 5) is 0.225. The average molecular weight is 427 g/mol. The molecule has 0 fully saturated rings. The molecule has 30 heavy (non-hydrogen) atoms. The fourth-order valence-electron chi connectivity index (χ4n) is 3.05. The van der Waals surface area contributed by atoms with Gasteiger partial charge in [-0.1, -0.05) is 72.8 Å². The van der Waals surface area contributed by atoms with Crippen molar-refractivity contribution in [3.8, 4) is 0 Å². The van der Waals surface area contributed by atoms with Crippen LogP contribution in [0.5, 0.6) is 0 Å². The van der Waals surface area contributed by atoms with E-state index in [1.165, 1.54) is 12.1 Å². The summed E-state index contributed by atoms with van der Waals surface area (Å²) in [7, 11) is -3.29. The lowest BCUT2D eigenvalue weighted by molar-refractivity contribution is -0.0830. The van der Waals surface area contributed by atoms with Gasteiger partial charge < -0.3 is 14.6 Å². The first kappa shape index (κ1) is 22.2. The molecule has 0 aliphatic rings. The van der Waals surface area contributed by atoms with Crippen LogP contribution in [0.15, 0.2) is 89.8 Å². The van der Waals surface area contributed by atoms with E-state index < -0.39 is 22.0 Å². The Morgan fingerprint density at radius 1 is 0.800 bits per heavy atom. The van der Waals surface area contributed by atoms with Crippen LogP contribution in [-0.4, -0.2) is 32.5 Å². The molecule has 2 atom stereocenters. The van der Waals surface area contributed by atoms with E-state index in [4.69, 9.17) is 9.47 Å². The van der Waals surface area contributed by atoms with Crippen LogP contribution in [0.2, 0.25) is 0 Å². The Balaban J connectivity index is 1.70. The number of aliphatic hydroxyl groups excluding tert-OH is 1. The minimum absolute atomic E-state index is 0.0855. The number of rotatable bonds is 10. The van der Waals surface area contributed by atoms with Crippen LogP contribution in [0.1, 0.15) is 22.8 Å². The third-order valence-corrected chi connectivity index (χ3v) is 5.79. The molecule has 3 aromatic rings. The van der Waals surface area contributed by atoms with Gasteiger partial charge in [0.25, 0.3) is 0 Å². The second-order valence-electron chi connectivity index (χ2n) is 7.13. The summed E-state index contributed by atoms with van der Waals surface area (Å²) in [5.41, 5.74) is 2.69. The molecule has 0 spiro atoms. The maximum absolute atomic E-state index is 11.7. The van der Waals surface area contributed by atoms with Crippen LogP contribution in [0.25, 0.3) is 0 Å². The van der Waals surface area contributed by atoms with Crippen LogP contribution < -0.4 is 0 Å². The molecular weight excluding hydrogens is 400 g/mol. The van der Waals surface area contributed by atoms with Gasteiger partial charge in [0, 0.05) is 6.26 Å². The highest BCUT2D eigenvalue weighted by Crippen LogP contribution is 2.25. The predicted molar refractivity (Wildman–Crippen MR) is 116 cm³/mol. The van der Waals surface area contributed by atoms with Gasteiger partial charge in [0.15, 0.2) is 9.84 Å². The zero-order chi connectivity index (χ0) is 21.4. The van der Waals surface area contributed by atoms with Crippen molar-refractivity contribution in [2.75, 3.05) is 12.9 Å². The van der Waals surface area contributed by atoms with E-state index in [1.807, 2.05) is 60.7 Å². The van der Waals surface area contributed by atoms with E-state index in [0.29, 0.717) is 18.8 Å². The standard InChI is InChI=1S/C24H26O5S/c1-30(26,27)22-14-12-21(13-15-22)24(29-17-20-10-6-3-7-11-20)23(25)18-28-16-19-8-4-2-5-9-19/h2-15,23-25H,16-18H2,1H3/t23-,24+/m0/s1. The van der Waals surface area contributed by atoms with Crippen molar-refractivity contribution in [1.82, 2.24) is 0 Å². The fraction of sp³-hybridized carbons (Fsp3) is 0.250. The summed E-state index contributed by atoms with van der Waals surface area (Å²) < 4.78 is 35.2. The van der Waals surface area contributed by atoms with E-state index in [1.54, 1.807) is 12.1 Å². The molecule has 0 bridgehead atoms. The van der Waals surface area contributed by atoms with Crippen LogP contribution in [0.4, 0.5) is 0 Å². The molecule has 5 nitrogen and oxygen atoms in total. The normalized spacial score (nSPS) is 13.7. The van der Waals surface area contributed by atoms with Crippen molar-refractivity contribution in [2.24, 2.45) is 0 Å². The largest absolute Gasteiger partial charge is 0.388 e. The Bertz CT molecular complexity index is 1000. The van der Waals surface area contributed by atoms with E-state index >= 15 is 0 Å². The molecule has 0 saturated heterocycles. The third-order valence-electron chi connectivity index (χ3n) is 4.66. The minimum Gasteiger partial charge on any atom is -0.388 e. The van der Waals surface area contributed by atoms with Crippen LogP contribution in [-0.2, 0) is 32.5 Å². The minimum atomic E-state index is -3.29. The van der Waals surface area contributed by atoms with Crippen LogP contribution in [0.3, 0.4) is 0 Å². The number of ether oxygens (including phenoxy) is 2. The Hall–Kier alpha value is -2.51. The highest BCUT2D eigenvalue weighted by Gasteiger charge is 2.23. The van der Waals surface area contributed by atoms with E-state index in [9.17, 15) is 13.5 Å². The van der Waals surface area contributed by atoms with Crippen molar-refractivity contribution in [2.45, 2.75) is 30.3 Å². The highest BCUT2D eigenvalue weighted by molar-refractivity contribution is 7.90. The molecule has 3 rings (SSSR count). The molecule has 0 aliphatic carbocycles. The van der Waals surface area contributed by atoms with Crippen LogP contribution >= 0.6 is 0 Å². The van der Waals surface area contributed by atoms with Gasteiger partial charge >= 0.3 is 0 Å². The lowest BCUT2D eigenvalue weighted by atomic mass is 10.0. The van der Waals surface area contributed by atoms with Crippen molar-refractivity contribution < 1.29 is 23.0 Å². The van der Waals surface area contributed by atoms with E-state index in [-0.39, 0.29) is 11.5 Å². The number of aliphatic hydroxyl groups is 1. The van der Waals surface area contributed by atoms with Gasteiger partial charge in [0.1, 0.15) is 12.2 Å². The van der Waals surface area contributed by atoms with Gasteiger partial charge in [0.05, 0.1) is 24.7 Å². The van der Waals surface area contributed by atoms with Crippen LogP contribution in [0, 0.1) is 0 Å². The Morgan fingerprint density at radius 2 is 1.33 bits per heavy atom. The van der Waals surface area contributed by atoms with Crippen molar-refractivity contribution in [1.29, 1.82) is 0 Å². The Labute approximate surface area is 177 Å². The number of hydrogen-bond acceptors (Lipinski definition) is 5. The maximum Gasteiger partial charge on any atom is 0.175 e. The molecule has 0 saturated carbocycles. The molecule has 6 heteroatoms. The van der Waals surface area contributed by atoms with Gasteiger partial charge in [-0.2, -0.15) is 0 Å². The van der Waals surface area contributed by atoms with Gasteiger partial charge in [-0.05, 0) is 28.8 Å². The number of hydrogen-bond donors (Lipinski definition) is 1. The molecule has 3 aromatic carbocycles. The molecule has 0 amide bonds. The van der Waals surface area contributed by atoms with E-state index in [0.717, 1.165) is 17.4 Å². The lowest BCUT2D eigenvalue weighted by Gasteiger charge is -2.24. The average Bonchev–Trinajstić information content (AvgIpc) is 2.75. The molecule has 158 valence electrons. The molecule has 0 radical (unpaired) electrons. The summed E-state index contributed by atoms with van der Waals surface area (Å²) in [6.07, 6.45) is -0.409. The van der Waals surface area contributed by atoms with Crippen molar-refractivity contribution in [3.05, 3.63) is 102 Å².